The van der Waals surface area contributed by atoms with Crippen LogP contribution in [0.1, 0.15) is 47.0 Å². The van der Waals surface area contributed by atoms with E-state index in [0.717, 1.165) is 12.3 Å². The van der Waals surface area contributed by atoms with Crippen LogP contribution in [0.5, 0.6) is 0 Å². The van der Waals surface area contributed by atoms with E-state index in [1.165, 1.54) is 12.8 Å². The van der Waals surface area contributed by atoms with Crippen LogP contribution in [0.25, 0.3) is 0 Å². The summed E-state index contributed by atoms with van der Waals surface area (Å²) in [5.74, 6) is 1.61. The molecule has 0 unspecified atom stereocenters. The first-order valence-electron chi connectivity index (χ1n) is 5.54. The number of ether oxygens (including phenoxy) is 1. The molecule has 0 rings (SSSR count). The number of hydrogen-bond donors (Lipinski definition) is 1. The van der Waals surface area contributed by atoms with Gasteiger partial charge in [-0.2, -0.15) is 0 Å². The Kier molecular flexibility index (Phi) is 6.43. The molecule has 0 aromatic heterocycles. The van der Waals surface area contributed by atoms with Crippen LogP contribution in [0, 0.1) is 11.8 Å². The molecule has 0 fully saturated rings. The number of hydrogen-bond acceptors (Lipinski definition) is 2. The van der Waals surface area contributed by atoms with Gasteiger partial charge in [0.15, 0.2) is 5.88 Å². The predicted octanol–water partition coefficient (Wildman–Crippen LogP) is 3.28. The van der Waals surface area contributed by atoms with E-state index >= 15 is 0 Å². The van der Waals surface area contributed by atoms with E-state index in [2.05, 4.69) is 34.3 Å². The SMILES string of the molecule is C=C(N)O[C@H](CCCC(C)C)C(C)C. The highest BCUT2D eigenvalue weighted by Gasteiger charge is 2.14. The largest absolute Gasteiger partial charge is 0.476 e. The molecule has 14 heavy (non-hydrogen) atoms. The zero-order valence-corrected chi connectivity index (χ0v) is 10.0. The Balaban J connectivity index is 3.79. The van der Waals surface area contributed by atoms with Crippen molar-refractivity contribution in [2.45, 2.75) is 53.1 Å². The van der Waals surface area contributed by atoms with Gasteiger partial charge in [0.05, 0.1) is 0 Å². The van der Waals surface area contributed by atoms with Gasteiger partial charge in [0.25, 0.3) is 0 Å². The van der Waals surface area contributed by atoms with Crippen molar-refractivity contribution < 1.29 is 4.74 Å². The first-order valence-corrected chi connectivity index (χ1v) is 5.54. The second-order valence-corrected chi connectivity index (χ2v) is 4.69. The molecule has 0 saturated carbocycles. The maximum absolute atomic E-state index is 5.48. The van der Waals surface area contributed by atoms with Gasteiger partial charge in [0.1, 0.15) is 6.10 Å². The van der Waals surface area contributed by atoms with Gasteiger partial charge < -0.3 is 10.5 Å². The minimum absolute atomic E-state index is 0.228. The smallest absolute Gasteiger partial charge is 0.176 e. The molecule has 0 radical (unpaired) electrons. The van der Waals surface area contributed by atoms with E-state index in [9.17, 15) is 0 Å². The summed E-state index contributed by atoms with van der Waals surface area (Å²) >= 11 is 0. The van der Waals surface area contributed by atoms with E-state index < -0.39 is 0 Å². The normalized spacial score (nSPS) is 13.3. The molecule has 0 aliphatic rings. The van der Waals surface area contributed by atoms with Crippen LogP contribution in [-0.2, 0) is 4.74 Å². The molecule has 0 heterocycles. The van der Waals surface area contributed by atoms with Crippen LogP contribution in [0.3, 0.4) is 0 Å². The molecule has 0 aliphatic carbocycles. The third-order valence-electron chi connectivity index (χ3n) is 2.32. The summed E-state index contributed by atoms with van der Waals surface area (Å²) in [5.41, 5.74) is 5.45. The van der Waals surface area contributed by atoms with Crippen LogP contribution >= 0.6 is 0 Å². The van der Waals surface area contributed by atoms with Gasteiger partial charge >= 0.3 is 0 Å². The van der Waals surface area contributed by atoms with Gasteiger partial charge in [0.2, 0.25) is 0 Å². The quantitative estimate of drug-likeness (QED) is 0.639. The molecule has 0 aliphatic heterocycles. The lowest BCUT2D eigenvalue weighted by Gasteiger charge is -2.22. The second kappa shape index (κ2) is 6.74. The first kappa shape index (κ1) is 13.3. The number of nitrogens with two attached hydrogens (primary N) is 1. The zero-order valence-electron chi connectivity index (χ0n) is 10.0. The van der Waals surface area contributed by atoms with Crippen molar-refractivity contribution >= 4 is 0 Å². The summed E-state index contributed by atoms with van der Waals surface area (Å²) in [4.78, 5) is 0. The average molecular weight is 199 g/mol. The third kappa shape index (κ3) is 6.81. The highest BCUT2D eigenvalue weighted by atomic mass is 16.5. The minimum Gasteiger partial charge on any atom is -0.476 e. The Bertz CT molecular complexity index is 164. The van der Waals surface area contributed by atoms with Crippen molar-refractivity contribution in [3.05, 3.63) is 12.5 Å². The summed E-state index contributed by atoms with van der Waals surface area (Å²) in [7, 11) is 0. The standard InChI is InChI=1S/C12H25NO/c1-9(2)7-6-8-12(10(3)4)14-11(5)13/h9-10,12H,5-8,13H2,1-4H3/t12-/m1/s1. The zero-order chi connectivity index (χ0) is 11.1. The van der Waals surface area contributed by atoms with E-state index in [1.54, 1.807) is 0 Å². The molecule has 2 N–H and O–H groups in total. The molecule has 0 spiro atoms. The monoisotopic (exact) mass is 199 g/mol. The van der Waals surface area contributed by atoms with Crippen molar-refractivity contribution in [2.75, 3.05) is 0 Å². The average Bonchev–Trinajstić information content (AvgIpc) is 2.00. The van der Waals surface area contributed by atoms with Crippen LogP contribution in [0.2, 0.25) is 0 Å². The lowest BCUT2D eigenvalue weighted by molar-refractivity contribution is 0.0660. The molecular weight excluding hydrogens is 174 g/mol. The fourth-order valence-corrected chi connectivity index (χ4v) is 1.45. The second-order valence-electron chi connectivity index (χ2n) is 4.69. The predicted molar refractivity (Wildman–Crippen MR) is 61.7 cm³/mol. The first-order chi connectivity index (χ1) is 6.43. The summed E-state index contributed by atoms with van der Waals surface area (Å²) < 4.78 is 5.48. The van der Waals surface area contributed by atoms with Crippen LogP contribution in [-0.4, -0.2) is 6.10 Å². The molecule has 1 atom stereocenters. The highest BCUT2D eigenvalue weighted by Crippen LogP contribution is 2.17. The van der Waals surface area contributed by atoms with Crippen LogP contribution in [0.15, 0.2) is 12.5 Å². The molecule has 2 nitrogen and oxygen atoms in total. The van der Waals surface area contributed by atoms with E-state index in [4.69, 9.17) is 10.5 Å². The fourth-order valence-electron chi connectivity index (χ4n) is 1.45. The van der Waals surface area contributed by atoms with Gasteiger partial charge in [-0.25, -0.2) is 0 Å². The molecular formula is C12H25NO. The Labute approximate surface area is 88.5 Å². The topological polar surface area (TPSA) is 35.2 Å². The van der Waals surface area contributed by atoms with Crippen molar-refractivity contribution in [1.82, 2.24) is 0 Å². The maximum Gasteiger partial charge on any atom is 0.176 e. The molecule has 0 amide bonds. The Hall–Kier alpha value is -0.660. The van der Waals surface area contributed by atoms with Crippen LogP contribution in [0.4, 0.5) is 0 Å². The van der Waals surface area contributed by atoms with Crippen molar-refractivity contribution in [1.29, 1.82) is 0 Å². The lowest BCUT2D eigenvalue weighted by atomic mass is 9.98. The van der Waals surface area contributed by atoms with Gasteiger partial charge in [-0.1, -0.05) is 34.1 Å². The summed E-state index contributed by atoms with van der Waals surface area (Å²) in [6, 6.07) is 0. The van der Waals surface area contributed by atoms with E-state index in [0.29, 0.717) is 11.8 Å². The van der Waals surface area contributed by atoms with Gasteiger partial charge in [-0.05, 0) is 31.3 Å². The van der Waals surface area contributed by atoms with E-state index in [-0.39, 0.29) is 6.10 Å². The van der Waals surface area contributed by atoms with Gasteiger partial charge in [-0.3, -0.25) is 0 Å². The summed E-state index contributed by atoms with van der Waals surface area (Å²) in [6.07, 6.45) is 3.76. The van der Waals surface area contributed by atoms with Crippen molar-refractivity contribution in [3.8, 4) is 0 Å². The molecule has 0 aromatic carbocycles. The summed E-state index contributed by atoms with van der Waals surface area (Å²) in [5, 5.41) is 0. The molecule has 0 saturated heterocycles. The molecule has 84 valence electrons. The Morgan fingerprint density at radius 1 is 1.21 bits per heavy atom. The minimum atomic E-state index is 0.228. The maximum atomic E-state index is 5.48. The highest BCUT2D eigenvalue weighted by molar-refractivity contribution is 4.76. The van der Waals surface area contributed by atoms with Crippen LogP contribution < -0.4 is 5.73 Å². The molecule has 0 bridgehead atoms. The molecule has 2 heteroatoms. The lowest BCUT2D eigenvalue weighted by Crippen LogP contribution is -2.21. The fraction of sp³-hybridized carbons (Fsp3) is 0.833. The summed E-state index contributed by atoms with van der Waals surface area (Å²) in [6.45, 7) is 12.4. The van der Waals surface area contributed by atoms with Gasteiger partial charge in [-0.15, -0.1) is 0 Å². The Morgan fingerprint density at radius 2 is 1.79 bits per heavy atom. The van der Waals surface area contributed by atoms with Crippen molar-refractivity contribution in [3.63, 3.8) is 0 Å². The Morgan fingerprint density at radius 3 is 2.14 bits per heavy atom. The van der Waals surface area contributed by atoms with Crippen molar-refractivity contribution in [2.24, 2.45) is 17.6 Å². The number of rotatable bonds is 7. The third-order valence-corrected chi connectivity index (χ3v) is 2.32. The molecule has 0 aromatic rings. The van der Waals surface area contributed by atoms with Gasteiger partial charge in [0, 0.05) is 0 Å². The van der Waals surface area contributed by atoms with E-state index in [1.807, 2.05) is 0 Å².